The van der Waals surface area contributed by atoms with E-state index in [9.17, 15) is 9.59 Å². The summed E-state index contributed by atoms with van der Waals surface area (Å²) >= 11 is 0. The number of hydrogen-bond acceptors (Lipinski definition) is 3. The van der Waals surface area contributed by atoms with Crippen LogP contribution in [-0.4, -0.2) is 34.7 Å². The maximum absolute atomic E-state index is 11.7. The van der Waals surface area contributed by atoms with Gasteiger partial charge in [-0.2, -0.15) is 0 Å². The van der Waals surface area contributed by atoms with Gasteiger partial charge in [-0.3, -0.25) is 9.59 Å². The van der Waals surface area contributed by atoms with Crippen LogP contribution >= 0.6 is 0 Å². The number of carboxylic acid groups (broad SMARTS) is 1. The van der Waals surface area contributed by atoms with E-state index in [0.29, 0.717) is 6.42 Å². The number of carboxylic acids is 1. The summed E-state index contributed by atoms with van der Waals surface area (Å²) < 4.78 is 0. The largest absolute Gasteiger partial charge is 0.481 e. The van der Waals surface area contributed by atoms with Crippen molar-refractivity contribution in [1.29, 1.82) is 0 Å². The molecule has 1 unspecified atom stereocenters. The molecule has 0 radical (unpaired) electrons. The van der Waals surface area contributed by atoms with Gasteiger partial charge >= 0.3 is 5.97 Å². The molecule has 0 bridgehead atoms. The van der Waals surface area contributed by atoms with E-state index in [-0.39, 0.29) is 30.9 Å². The molecule has 0 saturated carbocycles. The number of aliphatic hydroxyl groups is 1. The van der Waals surface area contributed by atoms with Crippen molar-refractivity contribution in [2.24, 2.45) is 11.3 Å². The zero-order chi connectivity index (χ0) is 13.6. The highest BCUT2D eigenvalue weighted by atomic mass is 16.4. The highest BCUT2D eigenvalue weighted by molar-refractivity contribution is 5.84. The van der Waals surface area contributed by atoms with Crippen LogP contribution in [0, 0.1) is 11.3 Å². The van der Waals surface area contributed by atoms with Gasteiger partial charge in [0.05, 0.1) is 5.41 Å². The fourth-order valence-electron chi connectivity index (χ4n) is 1.45. The van der Waals surface area contributed by atoms with Gasteiger partial charge in [0.15, 0.2) is 0 Å². The van der Waals surface area contributed by atoms with Gasteiger partial charge in [-0.1, -0.05) is 13.8 Å². The minimum absolute atomic E-state index is 0.00541. The quantitative estimate of drug-likeness (QED) is 0.624. The first-order chi connectivity index (χ1) is 7.70. The van der Waals surface area contributed by atoms with E-state index in [1.54, 1.807) is 0 Å². The predicted octanol–water partition coefficient (Wildman–Crippen LogP) is 1.01. The van der Waals surface area contributed by atoms with Crippen LogP contribution in [0.2, 0.25) is 0 Å². The van der Waals surface area contributed by atoms with Crippen molar-refractivity contribution in [3.63, 3.8) is 0 Å². The van der Waals surface area contributed by atoms with Crippen molar-refractivity contribution in [2.45, 2.75) is 46.6 Å². The molecular formula is C12H23NO4. The summed E-state index contributed by atoms with van der Waals surface area (Å²) in [5, 5.41) is 20.6. The van der Waals surface area contributed by atoms with Gasteiger partial charge in [0.25, 0.3) is 0 Å². The smallest absolute Gasteiger partial charge is 0.309 e. The second-order valence-electron chi connectivity index (χ2n) is 5.30. The normalized spacial score (nSPS) is 13.5. The third-order valence-electron chi connectivity index (χ3n) is 2.77. The van der Waals surface area contributed by atoms with Crippen LogP contribution in [0.3, 0.4) is 0 Å². The zero-order valence-electron chi connectivity index (χ0n) is 11.0. The SMILES string of the molecule is CC(C)C(CCO)NC(=O)CC(C)(C)C(=O)O. The number of carbonyl (C=O) groups excluding carboxylic acids is 1. The molecule has 0 aromatic carbocycles. The number of hydrogen-bond donors (Lipinski definition) is 3. The van der Waals surface area contributed by atoms with Crippen LogP contribution in [-0.2, 0) is 9.59 Å². The topological polar surface area (TPSA) is 86.6 Å². The lowest BCUT2D eigenvalue weighted by Crippen LogP contribution is -2.42. The number of aliphatic carboxylic acids is 1. The highest BCUT2D eigenvalue weighted by Gasteiger charge is 2.31. The van der Waals surface area contributed by atoms with Crippen molar-refractivity contribution in [3.05, 3.63) is 0 Å². The third-order valence-corrected chi connectivity index (χ3v) is 2.77. The van der Waals surface area contributed by atoms with E-state index >= 15 is 0 Å². The Bertz CT molecular complexity index is 274. The molecule has 0 saturated heterocycles. The van der Waals surface area contributed by atoms with E-state index < -0.39 is 11.4 Å². The Morgan fingerprint density at radius 3 is 2.18 bits per heavy atom. The molecule has 0 rings (SSSR count). The summed E-state index contributed by atoms with van der Waals surface area (Å²) in [4.78, 5) is 22.6. The summed E-state index contributed by atoms with van der Waals surface area (Å²) in [5.41, 5.74) is -1.06. The fourth-order valence-corrected chi connectivity index (χ4v) is 1.45. The van der Waals surface area contributed by atoms with Crippen LogP contribution in [0.25, 0.3) is 0 Å². The van der Waals surface area contributed by atoms with Gasteiger partial charge in [-0.25, -0.2) is 0 Å². The molecule has 5 nitrogen and oxygen atoms in total. The molecular weight excluding hydrogens is 222 g/mol. The molecule has 100 valence electrons. The molecule has 0 aliphatic heterocycles. The standard InChI is InChI=1S/C12H23NO4/c1-8(2)9(5-6-14)13-10(15)7-12(3,4)11(16)17/h8-9,14H,5-7H2,1-4H3,(H,13,15)(H,16,17). The second kappa shape index (κ2) is 6.59. The minimum atomic E-state index is -1.06. The van der Waals surface area contributed by atoms with Crippen LogP contribution in [0.15, 0.2) is 0 Å². The zero-order valence-corrected chi connectivity index (χ0v) is 11.0. The third kappa shape index (κ3) is 5.68. The molecule has 0 aromatic heterocycles. The Balaban J connectivity index is 4.38. The molecule has 5 heteroatoms. The summed E-state index contributed by atoms with van der Waals surface area (Å²) in [6.07, 6.45) is 0.424. The number of nitrogens with one attached hydrogen (secondary N) is 1. The van der Waals surface area contributed by atoms with Crippen LogP contribution < -0.4 is 5.32 Å². The van der Waals surface area contributed by atoms with Gasteiger partial charge in [0.1, 0.15) is 0 Å². The lowest BCUT2D eigenvalue weighted by Gasteiger charge is -2.24. The number of aliphatic hydroxyl groups excluding tert-OH is 1. The molecule has 0 aromatic rings. The number of carbonyl (C=O) groups is 2. The monoisotopic (exact) mass is 245 g/mol. The second-order valence-corrected chi connectivity index (χ2v) is 5.30. The average Bonchev–Trinajstić information content (AvgIpc) is 2.15. The first-order valence-corrected chi connectivity index (χ1v) is 5.84. The molecule has 0 heterocycles. The summed E-state index contributed by atoms with van der Waals surface area (Å²) in [6.45, 7) is 6.94. The van der Waals surface area contributed by atoms with E-state index in [4.69, 9.17) is 10.2 Å². The Hall–Kier alpha value is -1.10. The molecule has 0 aliphatic rings. The number of amides is 1. The van der Waals surface area contributed by atoms with E-state index in [2.05, 4.69) is 5.32 Å². The predicted molar refractivity (Wildman–Crippen MR) is 64.5 cm³/mol. The lowest BCUT2D eigenvalue weighted by molar-refractivity contribution is -0.149. The van der Waals surface area contributed by atoms with Gasteiger partial charge in [0, 0.05) is 19.1 Å². The minimum Gasteiger partial charge on any atom is -0.481 e. The summed E-state index contributed by atoms with van der Waals surface area (Å²) in [6, 6.07) is -0.114. The molecule has 3 N–H and O–H groups in total. The molecule has 0 spiro atoms. The van der Waals surface area contributed by atoms with E-state index in [0.717, 1.165) is 0 Å². The van der Waals surface area contributed by atoms with E-state index in [1.807, 2.05) is 13.8 Å². The first kappa shape index (κ1) is 15.9. The summed E-state index contributed by atoms with van der Waals surface area (Å²) in [5.74, 6) is -1.07. The number of rotatable bonds is 7. The molecule has 0 fully saturated rings. The molecule has 1 atom stereocenters. The first-order valence-electron chi connectivity index (χ1n) is 5.84. The van der Waals surface area contributed by atoms with Crippen molar-refractivity contribution < 1.29 is 19.8 Å². The van der Waals surface area contributed by atoms with Crippen LogP contribution in [0.4, 0.5) is 0 Å². The van der Waals surface area contributed by atoms with Crippen molar-refractivity contribution in [1.82, 2.24) is 5.32 Å². The average molecular weight is 245 g/mol. The Morgan fingerprint density at radius 1 is 1.29 bits per heavy atom. The van der Waals surface area contributed by atoms with Crippen molar-refractivity contribution in [3.8, 4) is 0 Å². The molecule has 1 amide bonds. The fraction of sp³-hybridized carbons (Fsp3) is 0.833. The highest BCUT2D eigenvalue weighted by Crippen LogP contribution is 2.20. The maximum atomic E-state index is 11.7. The van der Waals surface area contributed by atoms with Gasteiger partial charge in [-0.05, 0) is 26.2 Å². The molecule has 17 heavy (non-hydrogen) atoms. The lowest BCUT2D eigenvalue weighted by atomic mass is 9.89. The van der Waals surface area contributed by atoms with Crippen molar-refractivity contribution in [2.75, 3.05) is 6.61 Å². The van der Waals surface area contributed by atoms with Gasteiger partial charge in [0.2, 0.25) is 5.91 Å². The molecule has 0 aliphatic carbocycles. The van der Waals surface area contributed by atoms with Gasteiger partial charge in [-0.15, -0.1) is 0 Å². The maximum Gasteiger partial charge on any atom is 0.309 e. The van der Waals surface area contributed by atoms with Crippen LogP contribution in [0.1, 0.15) is 40.5 Å². The Kier molecular flexibility index (Phi) is 6.16. The van der Waals surface area contributed by atoms with Gasteiger partial charge < -0.3 is 15.5 Å². The Labute approximate surface area is 102 Å². The van der Waals surface area contributed by atoms with E-state index in [1.165, 1.54) is 13.8 Å². The summed E-state index contributed by atoms with van der Waals surface area (Å²) in [7, 11) is 0. The Morgan fingerprint density at radius 2 is 1.82 bits per heavy atom. The van der Waals surface area contributed by atoms with Crippen molar-refractivity contribution >= 4 is 11.9 Å². The van der Waals surface area contributed by atoms with Crippen LogP contribution in [0.5, 0.6) is 0 Å².